The number of rotatable bonds is 5. The summed E-state index contributed by atoms with van der Waals surface area (Å²) in [6.45, 7) is 0. The van der Waals surface area contributed by atoms with Gasteiger partial charge in [-0.2, -0.15) is 0 Å². The van der Waals surface area contributed by atoms with Crippen LogP contribution in [0.15, 0.2) is 182 Å². The van der Waals surface area contributed by atoms with Gasteiger partial charge in [0.2, 0.25) is 0 Å². The minimum atomic E-state index is -0.162. The van der Waals surface area contributed by atoms with Crippen molar-refractivity contribution in [3.63, 3.8) is 0 Å². The highest BCUT2D eigenvalue weighted by molar-refractivity contribution is 7.26. The first kappa shape index (κ1) is 26.8. The average Bonchev–Trinajstić information content (AvgIpc) is 4.00. The van der Waals surface area contributed by atoms with Crippen molar-refractivity contribution in [1.82, 2.24) is 19.5 Å². The van der Waals surface area contributed by atoms with Crippen LogP contribution in [-0.4, -0.2) is 19.5 Å². The molecule has 0 N–H and O–H groups in total. The zero-order chi connectivity index (χ0) is 42.7. The quantitative estimate of drug-likeness (QED) is 0.175. The van der Waals surface area contributed by atoms with Crippen LogP contribution in [0.25, 0.3) is 113 Å². The molecule has 0 bridgehead atoms. The van der Waals surface area contributed by atoms with Gasteiger partial charge in [-0.25, -0.2) is 15.0 Å². The van der Waals surface area contributed by atoms with Crippen LogP contribution in [0.5, 0.6) is 0 Å². The molecular weight excluding hydrogens is 733 g/mol. The molecule has 0 amide bonds. The topological polar surface area (TPSA) is 43.6 Å². The van der Waals surface area contributed by atoms with Crippen molar-refractivity contribution in [1.29, 1.82) is 0 Å². The Morgan fingerprint density at radius 2 is 0.982 bits per heavy atom. The lowest BCUT2D eigenvalue weighted by Gasteiger charge is -2.17. The van der Waals surface area contributed by atoms with Crippen LogP contribution in [0.1, 0.15) is 8.22 Å². The zero-order valence-electron chi connectivity index (χ0n) is 36.0. The molecule has 0 unspecified atom stereocenters. The number of hydrogen-bond donors (Lipinski definition) is 0. The Balaban J connectivity index is 1.17. The summed E-state index contributed by atoms with van der Waals surface area (Å²) in [7, 11) is 0. The Bertz CT molecular complexity index is 3820. The van der Waals surface area contributed by atoms with Crippen molar-refractivity contribution in [3.8, 4) is 51.0 Å². The summed E-state index contributed by atoms with van der Waals surface area (Å²) in [6, 6.07) is 47.0. The highest BCUT2D eigenvalue weighted by Crippen LogP contribution is 2.44. The first-order valence-electron chi connectivity index (χ1n) is 21.5. The fraction of sp³-hybridized carbons (Fsp3) is 0. The lowest BCUT2D eigenvalue weighted by atomic mass is 9.98. The van der Waals surface area contributed by atoms with E-state index >= 15 is 0 Å². The van der Waals surface area contributed by atoms with Crippen molar-refractivity contribution >= 4 is 84.8 Å². The Morgan fingerprint density at radius 1 is 0.404 bits per heavy atom. The number of nitrogens with zero attached hydrogens (tertiary/aromatic N) is 4. The molecule has 0 aliphatic rings. The van der Waals surface area contributed by atoms with Gasteiger partial charge >= 0.3 is 0 Å². The predicted octanol–water partition coefficient (Wildman–Crippen LogP) is 14.4. The molecule has 266 valence electrons. The van der Waals surface area contributed by atoms with Crippen LogP contribution in [0.3, 0.4) is 0 Å². The van der Waals surface area contributed by atoms with E-state index in [1.165, 1.54) is 26.9 Å². The molecule has 0 saturated heterocycles. The molecule has 0 radical (unpaired) electrons. The third-order valence-electron chi connectivity index (χ3n) is 10.6. The molecule has 4 aromatic heterocycles. The Kier molecular flexibility index (Phi) is 6.00. The summed E-state index contributed by atoms with van der Waals surface area (Å²) in [5, 5.41) is 4.93. The smallest absolute Gasteiger partial charge is 0.164 e. The summed E-state index contributed by atoms with van der Waals surface area (Å²) in [5.74, 6) is 1.50. The third-order valence-corrected chi connectivity index (χ3v) is 13.0. The van der Waals surface area contributed by atoms with E-state index in [0.29, 0.717) is 39.8 Å². The van der Waals surface area contributed by atoms with Gasteiger partial charge in [0.15, 0.2) is 17.5 Å². The Labute approximate surface area is 344 Å². The molecule has 12 rings (SSSR count). The largest absolute Gasteiger partial charge is 0.309 e. The minimum Gasteiger partial charge on any atom is -0.309 e. The second-order valence-electron chi connectivity index (χ2n) is 13.9. The Morgan fingerprint density at radius 3 is 1.72 bits per heavy atom. The van der Waals surface area contributed by atoms with E-state index in [2.05, 4.69) is 66.7 Å². The second-order valence-corrected chi connectivity index (χ2v) is 16.0. The monoisotopic (exact) mass is 768 g/mol. The van der Waals surface area contributed by atoms with Gasteiger partial charge < -0.3 is 4.57 Å². The van der Waals surface area contributed by atoms with Crippen molar-refractivity contribution in [2.24, 2.45) is 0 Å². The van der Waals surface area contributed by atoms with Crippen molar-refractivity contribution in [3.05, 3.63) is 182 Å². The third kappa shape index (κ3) is 5.15. The number of para-hydroxylation sites is 2. The maximum atomic E-state index is 9.25. The highest BCUT2D eigenvalue weighted by Gasteiger charge is 2.21. The Hall–Kier alpha value is -6.99. The first-order chi connectivity index (χ1) is 30.7. The maximum absolute atomic E-state index is 9.25. The molecule has 6 heteroatoms. The van der Waals surface area contributed by atoms with Crippen molar-refractivity contribution in [2.45, 2.75) is 0 Å². The SMILES string of the molecule is [2H]c1cc([2H])c2c(c1[2H])c1c([2H])c([2H])cc([2H])c1n2-c1ccc(-c2nc(-c3ccccc3)nc(-c3ccc4sc5ccccc5c4c3)n2)cc1-c1cccc2c1sc1ccccc12. The van der Waals surface area contributed by atoms with Gasteiger partial charge in [-0.3, -0.25) is 0 Å². The van der Waals surface area contributed by atoms with E-state index in [1.54, 1.807) is 27.2 Å². The summed E-state index contributed by atoms with van der Waals surface area (Å²) in [4.78, 5) is 15.4. The summed E-state index contributed by atoms with van der Waals surface area (Å²) in [6.07, 6.45) is 0. The van der Waals surface area contributed by atoms with Gasteiger partial charge in [0, 0.05) is 78.9 Å². The normalized spacial score (nSPS) is 13.3. The van der Waals surface area contributed by atoms with E-state index in [4.69, 9.17) is 20.4 Å². The van der Waals surface area contributed by atoms with Crippen LogP contribution in [0, 0.1) is 0 Å². The fourth-order valence-corrected chi connectivity index (χ4v) is 10.3. The van der Waals surface area contributed by atoms with Gasteiger partial charge in [-0.1, -0.05) is 121 Å². The molecule has 8 aromatic carbocycles. The maximum Gasteiger partial charge on any atom is 0.164 e. The van der Waals surface area contributed by atoms with E-state index in [9.17, 15) is 2.74 Å². The van der Waals surface area contributed by atoms with Gasteiger partial charge in [0.1, 0.15) is 0 Å². The van der Waals surface area contributed by atoms with E-state index in [1.807, 2.05) is 66.7 Å². The van der Waals surface area contributed by atoms with Gasteiger partial charge in [0.05, 0.1) is 24.9 Å². The lowest BCUT2D eigenvalue weighted by molar-refractivity contribution is 1.07. The molecule has 4 nitrogen and oxygen atoms in total. The van der Waals surface area contributed by atoms with Crippen LogP contribution >= 0.6 is 22.7 Å². The van der Waals surface area contributed by atoms with Gasteiger partial charge in [0.25, 0.3) is 0 Å². The van der Waals surface area contributed by atoms with E-state index < -0.39 is 0 Å². The van der Waals surface area contributed by atoms with Crippen LogP contribution in [0.4, 0.5) is 0 Å². The van der Waals surface area contributed by atoms with Crippen LogP contribution < -0.4 is 0 Å². The summed E-state index contributed by atoms with van der Waals surface area (Å²) < 4.78 is 60.1. The number of hydrogen-bond acceptors (Lipinski definition) is 5. The average molecular weight is 769 g/mol. The first-order valence-corrected chi connectivity index (χ1v) is 20.2. The van der Waals surface area contributed by atoms with Gasteiger partial charge in [-0.15, -0.1) is 22.7 Å². The molecule has 57 heavy (non-hydrogen) atoms. The van der Waals surface area contributed by atoms with Crippen molar-refractivity contribution in [2.75, 3.05) is 0 Å². The van der Waals surface area contributed by atoms with Crippen molar-refractivity contribution < 1.29 is 8.22 Å². The second kappa shape index (κ2) is 12.8. The van der Waals surface area contributed by atoms with E-state index in [-0.39, 0.29) is 47.0 Å². The van der Waals surface area contributed by atoms with Crippen LogP contribution in [-0.2, 0) is 0 Å². The predicted molar refractivity (Wildman–Crippen MR) is 242 cm³/mol. The molecule has 4 heterocycles. The fourth-order valence-electron chi connectivity index (χ4n) is 8.02. The van der Waals surface area contributed by atoms with E-state index in [0.717, 1.165) is 47.8 Å². The molecule has 0 spiro atoms. The molecule has 0 saturated carbocycles. The number of aromatic nitrogens is 4. The molecule has 0 aliphatic heterocycles. The zero-order valence-corrected chi connectivity index (χ0v) is 31.6. The molecule has 12 aromatic rings. The summed E-state index contributed by atoms with van der Waals surface area (Å²) >= 11 is 3.44. The van der Waals surface area contributed by atoms with Crippen LogP contribution in [0.2, 0.25) is 0 Å². The number of benzene rings is 8. The molecule has 0 fully saturated rings. The molecular formula is C51H30N4S2. The molecule has 0 atom stereocenters. The molecule has 0 aliphatic carbocycles. The summed E-state index contributed by atoms with van der Waals surface area (Å²) in [5.41, 5.74) is 5.24. The lowest BCUT2D eigenvalue weighted by Crippen LogP contribution is -2.02. The highest BCUT2D eigenvalue weighted by atomic mass is 32.1. The van der Waals surface area contributed by atoms with Gasteiger partial charge in [-0.05, 0) is 60.6 Å². The number of thiophene rings is 2. The number of fused-ring (bicyclic) bond motifs is 9. The minimum absolute atomic E-state index is 0.0207. The standard InChI is InChI=1S/C51H30N4S2/c1-2-13-31(14-3-1)49-52-50(54-51(53-49)33-26-28-47-41(30-33)37-18-7-10-23-45(37)56-47)32-25-27-44(55-42-21-8-4-15-34(42)35-16-5-9-22-43(35)55)40(29-32)39-20-12-19-38-36-17-6-11-24-46(36)57-48(38)39/h1-30H/i4D,5D,15D,16D,21D,22D.